The molecule has 160 valence electrons. The topological polar surface area (TPSA) is 75.9 Å². The van der Waals surface area contributed by atoms with Crippen molar-refractivity contribution in [2.75, 3.05) is 18.0 Å². The second kappa shape index (κ2) is 9.87. The van der Waals surface area contributed by atoms with Crippen LogP contribution >= 0.6 is 0 Å². The molecule has 7 nitrogen and oxygen atoms in total. The van der Waals surface area contributed by atoms with E-state index in [9.17, 15) is 4.79 Å². The number of nitrogens with one attached hydrogen (secondary N) is 1. The van der Waals surface area contributed by atoms with Crippen molar-refractivity contribution >= 4 is 11.7 Å². The van der Waals surface area contributed by atoms with Crippen LogP contribution in [-0.2, 0) is 4.79 Å². The van der Waals surface area contributed by atoms with Crippen molar-refractivity contribution in [2.24, 2.45) is 0 Å². The predicted octanol–water partition coefficient (Wildman–Crippen LogP) is 3.73. The van der Waals surface area contributed by atoms with Crippen molar-refractivity contribution in [1.29, 1.82) is 0 Å². The van der Waals surface area contributed by atoms with Gasteiger partial charge in [-0.1, -0.05) is 11.6 Å². The Labute approximate surface area is 178 Å². The molecule has 2 aliphatic rings. The van der Waals surface area contributed by atoms with Crippen LogP contribution in [0, 0.1) is 6.92 Å². The summed E-state index contributed by atoms with van der Waals surface area (Å²) in [4.78, 5) is 28.4. The molecule has 3 heterocycles. The Kier molecular flexibility index (Phi) is 6.77. The summed E-state index contributed by atoms with van der Waals surface area (Å²) in [5, 5.41) is 3.14. The highest BCUT2D eigenvalue weighted by molar-refractivity contribution is 5.77. The highest BCUT2D eigenvalue weighted by Gasteiger charge is 2.26. The van der Waals surface area contributed by atoms with Gasteiger partial charge in [0.25, 0.3) is 0 Å². The molecule has 4 rings (SSSR count). The van der Waals surface area contributed by atoms with E-state index in [0.29, 0.717) is 12.4 Å². The maximum absolute atomic E-state index is 12.6. The van der Waals surface area contributed by atoms with Gasteiger partial charge in [-0.3, -0.25) is 9.36 Å². The summed E-state index contributed by atoms with van der Waals surface area (Å²) >= 11 is 0. The molecule has 1 fully saturated rings. The number of amides is 1. The smallest absolute Gasteiger partial charge is 0.237 e. The average molecular weight is 409 g/mol. The minimum absolute atomic E-state index is 0.143. The van der Waals surface area contributed by atoms with Crippen LogP contribution in [0.25, 0.3) is 5.95 Å². The molecule has 1 amide bonds. The standard InChI is InChI=1S/C23H32N6O/c1-18-15-21(27-23(26-18)28-14-12-24-17-28)29-13-6-5-9-20(29)16-22(30)25-11-10-19-7-3-2-4-8-19/h7,12,14-15,17,20H,2-6,8-11,13,16H2,1H3,(H,25,30). The molecule has 2 aromatic heterocycles. The first-order chi connectivity index (χ1) is 14.7. The van der Waals surface area contributed by atoms with Crippen molar-refractivity contribution in [3.63, 3.8) is 0 Å². The van der Waals surface area contributed by atoms with Gasteiger partial charge in [0, 0.05) is 49.7 Å². The van der Waals surface area contributed by atoms with Crippen molar-refractivity contribution in [3.8, 4) is 5.95 Å². The van der Waals surface area contributed by atoms with Gasteiger partial charge < -0.3 is 10.2 Å². The predicted molar refractivity (Wildman–Crippen MR) is 118 cm³/mol. The zero-order valence-corrected chi connectivity index (χ0v) is 17.9. The van der Waals surface area contributed by atoms with Gasteiger partial charge >= 0.3 is 0 Å². The summed E-state index contributed by atoms with van der Waals surface area (Å²) < 4.78 is 1.82. The Balaban J connectivity index is 1.39. The molecule has 7 heteroatoms. The fourth-order valence-corrected chi connectivity index (χ4v) is 4.47. The zero-order valence-electron chi connectivity index (χ0n) is 17.9. The second-order valence-electron chi connectivity index (χ2n) is 8.39. The number of hydrogen-bond donors (Lipinski definition) is 1. The van der Waals surface area contributed by atoms with E-state index in [1.807, 2.05) is 23.8 Å². The van der Waals surface area contributed by atoms with Gasteiger partial charge in [0.05, 0.1) is 0 Å². The molecular weight excluding hydrogens is 376 g/mol. The number of aryl methyl sites for hydroxylation is 1. The number of nitrogens with zero attached hydrogens (tertiary/aromatic N) is 5. The molecule has 1 aliphatic carbocycles. The van der Waals surface area contributed by atoms with Crippen LogP contribution in [0.5, 0.6) is 0 Å². The lowest BCUT2D eigenvalue weighted by Crippen LogP contribution is -2.43. The minimum atomic E-state index is 0.143. The lowest BCUT2D eigenvalue weighted by Gasteiger charge is -2.36. The van der Waals surface area contributed by atoms with E-state index in [1.165, 1.54) is 31.3 Å². The molecule has 2 aromatic rings. The number of imidazole rings is 1. The first kappa shape index (κ1) is 20.6. The van der Waals surface area contributed by atoms with E-state index in [4.69, 9.17) is 4.98 Å². The second-order valence-corrected chi connectivity index (χ2v) is 8.39. The van der Waals surface area contributed by atoms with E-state index >= 15 is 0 Å². The monoisotopic (exact) mass is 408 g/mol. The van der Waals surface area contributed by atoms with E-state index in [1.54, 1.807) is 12.5 Å². The van der Waals surface area contributed by atoms with Gasteiger partial charge in [0.15, 0.2) is 0 Å². The summed E-state index contributed by atoms with van der Waals surface area (Å²) in [6.45, 7) is 3.65. The van der Waals surface area contributed by atoms with Crippen LogP contribution in [0.15, 0.2) is 36.4 Å². The van der Waals surface area contributed by atoms with E-state index in [2.05, 4.69) is 26.3 Å². The molecule has 1 unspecified atom stereocenters. The van der Waals surface area contributed by atoms with Gasteiger partial charge in [-0.2, -0.15) is 4.98 Å². The van der Waals surface area contributed by atoms with Gasteiger partial charge in [-0.25, -0.2) is 9.97 Å². The third-order valence-electron chi connectivity index (χ3n) is 6.06. The van der Waals surface area contributed by atoms with Crippen molar-refractivity contribution in [3.05, 3.63) is 42.1 Å². The number of anilines is 1. The van der Waals surface area contributed by atoms with Crippen LogP contribution in [0.2, 0.25) is 0 Å². The number of carbonyl (C=O) groups is 1. The zero-order chi connectivity index (χ0) is 20.8. The maximum Gasteiger partial charge on any atom is 0.237 e. The third-order valence-corrected chi connectivity index (χ3v) is 6.06. The number of piperidine rings is 1. The Morgan fingerprint density at radius 3 is 2.97 bits per heavy atom. The van der Waals surface area contributed by atoms with Crippen LogP contribution < -0.4 is 10.2 Å². The van der Waals surface area contributed by atoms with Crippen LogP contribution in [0.1, 0.15) is 63.5 Å². The summed E-state index contributed by atoms with van der Waals surface area (Å²) in [5.74, 6) is 1.66. The van der Waals surface area contributed by atoms with E-state index < -0.39 is 0 Å². The quantitative estimate of drug-likeness (QED) is 0.707. The van der Waals surface area contributed by atoms with E-state index in [0.717, 1.165) is 50.3 Å². The number of rotatable bonds is 7. The van der Waals surface area contributed by atoms with Crippen LogP contribution in [0.3, 0.4) is 0 Å². The molecule has 0 bridgehead atoms. The Morgan fingerprint density at radius 1 is 1.23 bits per heavy atom. The molecule has 1 aliphatic heterocycles. The molecule has 0 radical (unpaired) electrons. The van der Waals surface area contributed by atoms with Gasteiger partial charge in [0.2, 0.25) is 11.9 Å². The Morgan fingerprint density at radius 2 is 2.17 bits per heavy atom. The first-order valence-electron chi connectivity index (χ1n) is 11.2. The maximum atomic E-state index is 12.6. The molecule has 0 aromatic carbocycles. The fourth-order valence-electron chi connectivity index (χ4n) is 4.47. The highest BCUT2D eigenvalue weighted by atomic mass is 16.1. The molecule has 1 saturated heterocycles. The molecule has 30 heavy (non-hydrogen) atoms. The Bertz CT molecular complexity index is 876. The molecule has 0 saturated carbocycles. The number of carbonyl (C=O) groups excluding carboxylic acids is 1. The van der Waals surface area contributed by atoms with Crippen molar-refractivity contribution in [1.82, 2.24) is 24.8 Å². The number of hydrogen-bond acceptors (Lipinski definition) is 5. The normalized spacial score (nSPS) is 19.4. The van der Waals surface area contributed by atoms with Crippen molar-refractivity contribution < 1.29 is 4.79 Å². The van der Waals surface area contributed by atoms with Crippen LogP contribution in [-0.4, -0.2) is 44.6 Å². The van der Waals surface area contributed by atoms with Gasteiger partial charge in [-0.05, 0) is 58.3 Å². The number of allylic oxidation sites excluding steroid dienone is 1. The average Bonchev–Trinajstić information content (AvgIpc) is 3.29. The Hall–Kier alpha value is -2.70. The summed E-state index contributed by atoms with van der Waals surface area (Å²) in [6.07, 6.45) is 17.4. The summed E-state index contributed by atoms with van der Waals surface area (Å²) in [5.41, 5.74) is 2.42. The summed E-state index contributed by atoms with van der Waals surface area (Å²) in [7, 11) is 0. The fraction of sp³-hybridized carbons (Fsp3) is 0.565. The third kappa shape index (κ3) is 5.26. The lowest BCUT2D eigenvalue weighted by atomic mass is 9.97. The van der Waals surface area contributed by atoms with Gasteiger partial charge in [-0.15, -0.1) is 0 Å². The SMILES string of the molecule is Cc1cc(N2CCCCC2CC(=O)NCCC2=CCCCC2)nc(-n2ccnc2)n1. The van der Waals surface area contributed by atoms with Crippen LogP contribution in [0.4, 0.5) is 5.82 Å². The van der Waals surface area contributed by atoms with E-state index in [-0.39, 0.29) is 11.9 Å². The highest BCUT2D eigenvalue weighted by Crippen LogP contribution is 2.26. The molecule has 1 atom stereocenters. The largest absolute Gasteiger partial charge is 0.356 e. The number of aromatic nitrogens is 4. The van der Waals surface area contributed by atoms with Gasteiger partial charge in [0.1, 0.15) is 12.1 Å². The lowest BCUT2D eigenvalue weighted by molar-refractivity contribution is -0.121. The first-order valence-corrected chi connectivity index (χ1v) is 11.2. The van der Waals surface area contributed by atoms with Crippen molar-refractivity contribution in [2.45, 2.75) is 70.8 Å². The summed E-state index contributed by atoms with van der Waals surface area (Å²) in [6, 6.07) is 2.20. The molecule has 0 spiro atoms. The molecule has 1 N–H and O–H groups in total. The minimum Gasteiger partial charge on any atom is -0.356 e. The molecular formula is C23H32N6O.